The van der Waals surface area contributed by atoms with E-state index in [9.17, 15) is 0 Å². The van der Waals surface area contributed by atoms with Crippen LogP contribution < -0.4 is 9.64 Å². The van der Waals surface area contributed by atoms with Crippen molar-refractivity contribution in [2.45, 2.75) is 53.5 Å². The minimum atomic E-state index is -0.0784. The van der Waals surface area contributed by atoms with Crippen molar-refractivity contribution in [1.82, 2.24) is 39.5 Å². The second kappa shape index (κ2) is 12.8. The van der Waals surface area contributed by atoms with Crippen LogP contribution in [0.4, 0.5) is 5.69 Å². The molecule has 1 aliphatic rings. The largest absolute Gasteiger partial charge is 0.494 e. The summed E-state index contributed by atoms with van der Waals surface area (Å²) in [6, 6.07) is 15.9. The minimum absolute atomic E-state index is 0.0617. The molecule has 0 unspecified atom stereocenters. The number of nitrogens with one attached hydrogen (secondary N) is 1. The summed E-state index contributed by atoms with van der Waals surface area (Å²) in [6.45, 7) is 11.1. The lowest BCUT2D eigenvalue weighted by Crippen LogP contribution is -2.42. The zero-order chi connectivity index (χ0) is 36.6. The first-order valence-electron chi connectivity index (χ1n) is 17.4. The maximum atomic E-state index is 15.1. The Morgan fingerprint density at radius 3 is 2.44 bits per heavy atom. The van der Waals surface area contributed by atoms with Crippen LogP contribution in [-0.4, -0.2) is 58.6 Å². The highest BCUT2D eigenvalue weighted by molar-refractivity contribution is 6.35. The van der Waals surface area contributed by atoms with E-state index < -0.39 is 0 Å². The highest BCUT2D eigenvalue weighted by atomic mass is 35.5. The van der Waals surface area contributed by atoms with Crippen molar-refractivity contribution in [3.05, 3.63) is 92.3 Å². The molecule has 0 bridgehead atoms. The van der Waals surface area contributed by atoms with Crippen molar-refractivity contribution in [2.24, 2.45) is 14.1 Å². The lowest BCUT2D eigenvalue weighted by molar-refractivity contribution is 0.0957. The molecule has 7 aromatic rings. The summed E-state index contributed by atoms with van der Waals surface area (Å²) in [5.41, 5.74) is 11.0. The maximum Gasteiger partial charge on any atom is 0.275 e. The number of aromatic amines is 1. The van der Waals surface area contributed by atoms with Gasteiger partial charge in [-0.05, 0) is 106 Å². The van der Waals surface area contributed by atoms with Crippen LogP contribution in [0.15, 0.2) is 48.5 Å². The summed E-state index contributed by atoms with van der Waals surface area (Å²) in [7, 11) is 3.91. The van der Waals surface area contributed by atoms with E-state index in [1.165, 1.54) is 0 Å². The average molecular weight is 737 g/mol. The van der Waals surface area contributed by atoms with E-state index in [2.05, 4.69) is 45.1 Å². The Labute approximate surface area is 311 Å². The molecule has 1 aliphatic heterocycles. The number of aromatic nitrogens is 8. The number of tetrazole rings is 1. The number of hydrogen-bond donors (Lipinski definition) is 1. The number of aryl methyl sites for hydroxylation is 6. The molecule has 8 rings (SSSR count). The molecule has 13 heteroatoms. The first kappa shape index (κ1) is 34.0. The highest BCUT2D eigenvalue weighted by Crippen LogP contribution is 2.46. The quantitative estimate of drug-likeness (QED) is 0.157. The summed E-state index contributed by atoms with van der Waals surface area (Å²) in [5, 5.41) is 22.8. The minimum Gasteiger partial charge on any atom is -0.494 e. The number of halogens is 2. The monoisotopic (exact) mass is 735 g/mol. The van der Waals surface area contributed by atoms with Crippen molar-refractivity contribution >= 4 is 56.6 Å². The molecule has 0 radical (unpaired) electrons. The second-order valence-electron chi connectivity index (χ2n) is 13.8. The Balaban J connectivity index is 1.26. The van der Waals surface area contributed by atoms with E-state index in [0.29, 0.717) is 42.5 Å². The van der Waals surface area contributed by atoms with Gasteiger partial charge in [-0.3, -0.25) is 9.48 Å². The fourth-order valence-corrected chi connectivity index (χ4v) is 8.36. The number of rotatable bonds is 8. The van der Waals surface area contributed by atoms with Crippen molar-refractivity contribution in [3.8, 4) is 28.4 Å². The van der Waals surface area contributed by atoms with Crippen LogP contribution in [0.2, 0.25) is 10.0 Å². The van der Waals surface area contributed by atoms with Crippen LogP contribution >= 0.6 is 23.2 Å². The van der Waals surface area contributed by atoms with E-state index in [0.717, 1.165) is 83.2 Å². The first-order chi connectivity index (χ1) is 25.0. The molecule has 0 spiro atoms. The van der Waals surface area contributed by atoms with Gasteiger partial charge in [0.2, 0.25) is 5.82 Å². The molecular formula is C39H39Cl2N9O2. The van der Waals surface area contributed by atoms with Crippen LogP contribution in [0.3, 0.4) is 0 Å². The molecule has 1 atom stereocenters. The van der Waals surface area contributed by atoms with Crippen molar-refractivity contribution in [3.63, 3.8) is 0 Å². The number of carbonyl (C=O) groups is 1. The number of fused-ring (bicyclic) bond motifs is 4. The number of benzene rings is 3. The van der Waals surface area contributed by atoms with Crippen LogP contribution in [0, 0.1) is 27.7 Å². The fraction of sp³-hybridized carbons (Fsp3) is 0.308. The standard InChI is InChI=1S/C39H39Cl2N9O2/c1-20-16-25(17-21(2)35(20)41)52-15-9-10-26-27-13-14-29(40)34(33-23(4)44-48(7)24(33)5)36(27)50-22(3)19-49(39(51)37(26)50)31-12-8-11-30-28(31)18-32(47(30)6)38-42-45-46-43-38/h8,11-14,16-18,22H,9-10,15,19H2,1-7H3,(H,42,43,45,46)/t22-/m1/s1. The van der Waals surface area contributed by atoms with E-state index in [1.807, 2.05) is 91.5 Å². The number of ether oxygens (including phenoxy) is 1. The Kier molecular flexibility index (Phi) is 8.38. The number of carbonyl (C=O) groups excluding carboxylic acids is 1. The van der Waals surface area contributed by atoms with Gasteiger partial charge >= 0.3 is 0 Å². The predicted molar refractivity (Wildman–Crippen MR) is 206 cm³/mol. The van der Waals surface area contributed by atoms with Crippen molar-refractivity contribution in [2.75, 3.05) is 18.1 Å². The van der Waals surface area contributed by atoms with Gasteiger partial charge in [0.05, 0.1) is 39.7 Å². The highest BCUT2D eigenvalue weighted by Gasteiger charge is 2.37. The van der Waals surface area contributed by atoms with Crippen molar-refractivity contribution < 1.29 is 9.53 Å². The molecule has 266 valence electrons. The fourth-order valence-electron chi connectivity index (χ4n) is 8.00. The number of nitrogens with zero attached hydrogens (tertiary/aromatic N) is 8. The van der Waals surface area contributed by atoms with Crippen LogP contribution in [0.25, 0.3) is 44.5 Å². The van der Waals surface area contributed by atoms with Crippen LogP contribution in [-0.2, 0) is 20.5 Å². The molecule has 52 heavy (non-hydrogen) atoms. The predicted octanol–water partition coefficient (Wildman–Crippen LogP) is 8.49. The van der Waals surface area contributed by atoms with Gasteiger partial charge < -0.3 is 18.8 Å². The number of H-pyrrole nitrogens is 1. The normalized spacial score (nSPS) is 14.6. The molecule has 1 N–H and O–H groups in total. The summed E-state index contributed by atoms with van der Waals surface area (Å²) in [6.07, 6.45) is 1.32. The van der Waals surface area contributed by atoms with E-state index in [1.54, 1.807) is 0 Å². The van der Waals surface area contributed by atoms with E-state index in [4.69, 9.17) is 33.0 Å². The van der Waals surface area contributed by atoms with Crippen LogP contribution in [0.5, 0.6) is 5.75 Å². The molecule has 4 aromatic heterocycles. The van der Waals surface area contributed by atoms with E-state index in [-0.39, 0.29) is 11.9 Å². The lowest BCUT2D eigenvalue weighted by Gasteiger charge is -2.34. The molecule has 0 saturated heterocycles. The summed E-state index contributed by atoms with van der Waals surface area (Å²) < 4.78 is 12.4. The molecule has 1 amide bonds. The Bertz CT molecular complexity index is 2520. The van der Waals surface area contributed by atoms with Crippen molar-refractivity contribution in [1.29, 1.82) is 0 Å². The zero-order valence-electron chi connectivity index (χ0n) is 30.2. The third-order valence-electron chi connectivity index (χ3n) is 10.5. The van der Waals surface area contributed by atoms with E-state index >= 15 is 4.79 Å². The number of amides is 1. The molecule has 0 saturated carbocycles. The molecule has 5 heterocycles. The van der Waals surface area contributed by atoms with Gasteiger partial charge in [0.25, 0.3) is 5.91 Å². The molecule has 0 aliphatic carbocycles. The van der Waals surface area contributed by atoms with Gasteiger partial charge in [-0.15, -0.1) is 10.2 Å². The van der Waals surface area contributed by atoms with Gasteiger partial charge in [-0.25, -0.2) is 0 Å². The maximum absolute atomic E-state index is 15.1. The van der Waals surface area contributed by atoms with Gasteiger partial charge in [-0.1, -0.05) is 35.3 Å². The third kappa shape index (κ3) is 5.28. The Hall–Kier alpha value is -5.13. The summed E-state index contributed by atoms with van der Waals surface area (Å²) >= 11 is 13.5. The van der Waals surface area contributed by atoms with Gasteiger partial charge in [0.1, 0.15) is 11.4 Å². The average Bonchev–Trinajstić information content (AvgIpc) is 3.89. The first-order valence-corrected chi connectivity index (χ1v) is 18.1. The Morgan fingerprint density at radius 1 is 0.981 bits per heavy atom. The summed E-state index contributed by atoms with van der Waals surface area (Å²) in [5.74, 6) is 1.21. The molecule has 11 nitrogen and oxygen atoms in total. The topological polar surface area (TPSA) is 112 Å². The van der Waals surface area contributed by atoms with Gasteiger partial charge in [0, 0.05) is 59.3 Å². The lowest BCUT2D eigenvalue weighted by atomic mass is 9.98. The molecule has 0 fully saturated rings. The summed E-state index contributed by atoms with van der Waals surface area (Å²) in [4.78, 5) is 17.0. The number of anilines is 1. The molecular weight excluding hydrogens is 697 g/mol. The smallest absolute Gasteiger partial charge is 0.275 e. The SMILES string of the molecule is Cc1cc(OCCCc2c3n(c4c(-c5c(C)nn(C)c5C)c(Cl)ccc24)[C@H](C)CN(c2cccc4c2cc(-c2nn[nH]n2)n4C)C3=O)cc(C)c1Cl. The van der Waals surface area contributed by atoms with Gasteiger partial charge in [-0.2, -0.15) is 10.3 Å². The zero-order valence-corrected chi connectivity index (χ0v) is 31.7. The Morgan fingerprint density at radius 2 is 1.75 bits per heavy atom. The second-order valence-corrected chi connectivity index (χ2v) is 14.6. The third-order valence-corrected chi connectivity index (χ3v) is 11.4. The van der Waals surface area contributed by atoms with Crippen LogP contribution in [0.1, 0.15) is 58.0 Å². The van der Waals surface area contributed by atoms with Gasteiger partial charge in [0.15, 0.2) is 0 Å². The number of hydrogen-bond acceptors (Lipinski definition) is 6. The molecule has 3 aromatic carbocycles.